The lowest BCUT2D eigenvalue weighted by atomic mass is 10.1. The van der Waals surface area contributed by atoms with E-state index in [1.807, 2.05) is 42.7 Å². The Morgan fingerprint density at radius 1 is 1.07 bits per heavy atom. The Bertz CT molecular complexity index is 1110. The summed E-state index contributed by atoms with van der Waals surface area (Å²) < 4.78 is 20.9. The molecular formula is C22H20FN5O. The van der Waals surface area contributed by atoms with Gasteiger partial charge in [-0.1, -0.05) is 29.5 Å². The van der Waals surface area contributed by atoms with Crippen LogP contribution in [0.4, 0.5) is 4.39 Å². The lowest BCUT2D eigenvalue weighted by Gasteiger charge is -2.32. The number of rotatable bonds is 4. The number of halogens is 1. The van der Waals surface area contributed by atoms with Crippen molar-refractivity contribution in [1.82, 2.24) is 24.7 Å². The number of nitrogens with zero attached hydrogens (tertiary/aromatic N) is 5. The van der Waals surface area contributed by atoms with Gasteiger partial charge in [-0.3, -0.25) is 9.88 Å². The van der Waals surface area contributed by atoms with E-state index in [0.717, 1.165) is 47.5 Å². The normalized spacial score (nSPS) is 17.6. The third-order valence-corrected chi connectivity index (χ3v) is 5.21. The number of pyridine rings is 2. The number of fused-ring (bicyclic) bond motifs is 1. The summed E-state index contributed by atoms with van der Waals surface area (Å²) in [6.07, 6.45) is 5.40. The number of benzene rings is 1. The molecule has 146 valence electrons. The molecule has 0 spiro atoms. The topological polar surface area (TPSA) is 55.5 Å². The molecule has 0 aliphatic carbocycles. The maximum Gasteiger partial charge on any atom is 0.123 e. The molecule has 0 amide bonds. The van der Waals surface area contributed by atoms with Crippen LogP contribution >= 0.6 is 0 Å². The first-order valence-corrected chi connectivity index (χ1v) is 9.60. The number of morpholine rings is 1. The first-order valence-electron chi connectivity index (χ1n) is 9.60. The van der Waals surface area contributed by atoms with Gasteiger partial charge in [0.15, 0.2) is 0 Å². The van der Waals surface area contributed by atoms with E-state index < -0.39 is 0 Å². The number of hydrogen-bond donors (Lipinski definition) is 0. The zero-order chi connectivity index (χ0) is 19.6. The van der Waals surface area contributed by atoms with Crippen molar-refractivity contribution in [3.8, 4) is 11.1 Å². The van der Waals surface area contributed by atoms with Crippen LogP contribution in [-0.2, 0) is 11.3 Å². The molecule has 0 unspecified atom stereocenters. The summed E-state index contributed by atoms with van der Waals surface area (Å²) in [5, 5.41) is 8.71. The third-order valence-electron chi connectivity index (χ3n) is 5.21. The maximum absolute atomic E-state index is 13.1. The monoisotopic (exact) mass is 389 g/mol. The maximum atomic E-state index is 13.1. The lowest BCUT2D eigenvalue weighted by molar-refractivity contribution is -0.0343. The van der Waals surface area contributed by atoms with E-state index >= 15 is 0 Å². The second-order valence-corrected chi connectivity index (χ2v) is 7.18. The van der Waals surface area contributed by atoms with E-state index in [4.69, 9.17) is 4.74 Å². The second-order valence-electron chi connectivity index (χ2n) is 7.18. The van der Waals surface area contributed by atoms with Crippen molar-refractivity contribution >= 4 is 5.52 Å². The van der Waals surface area contributed by atoms with Gasteiger partial charge in [0.2, 0.25) is 0 Å². The minimum atomic E-state index is -0.213. The molecule has 29 heavy (non-hydrogen) atoms. The predicted molar refractivity (Wildman–Crippen MR) is 107 cm³/mol. The fourth-order valence-electron chi connectivity index (χ4n) is 3.71. The van der Waals surface area contributed by atoms with Gasteiger partial charge < -0.3 is 4.74 Å². The lowest BCUT2D eigenvalue weighted by Crippen LogP contribution is -2.38. The number of hydrogen-bond acceptors (Lipinski definition) is 5. The van der Waals surface area contributed by atoms with E-state index in [1.165, 1.54) is 12.1 Å². The highest BCUT2D eigenvalue weighted by Crippen LogP contribution is 2.27. The summed E-state index contributed by atoms with van der Waals surface area (Å²) in [6.45, 7) is 2.93. The van der Waals surface area contributed by atoms with Gasteiger partial charge in [0.1, 0.15) is 17.6 Å². The molecule has 0 saturated carbocycles. The van der Waals surface area contributed by atoms with Crippen LogP contribution < -0.4 is 0 Å². The molecule has 1 atom stereocenters. The summed E-state index contributed by atoms with van der Waals surface area (Å²) in [5.41, 5.74) is 4.93. The largest absolute Gasteiger partial charge is 0.369 e. The molecule has 5 rings (SSSR count). The second kappa shape index (κ2) is 7.69. The highest BCUT2D eigenvalue weighted by Gasteiger charge is 2.26. The zero-order valence-corrected chi connectivity index (χ0v) is 15.8. The van der Waals surface area contributed by atoms with Crippen molar-refractivity contribution in [3.05, 3.63) is 84.2 Å². The highest BCUT2D eigenvalue weighted by atomic mass is 19.1. The van der Waals surface area contributed by atoms with Gasteiger partial charge in [0, 0.05) is 49.4 Å². The van der Waals surface area contributed by atoms with Crippen molar-refractivity contribution in [2.24, 2.45) is 0 Å². The molecule has 1 aliphatic heterocycles. The summed E-state index contributed by atoms with van der Waals surface area (Å²) in [4.78, 5) is 6.48. The molecule has 4 aromatic rings. The van der Waals surface area contributed by atoms with Crippen LogP contribution in [0, 0.1) is 5.82 Å². The Hall–Kier alpha value is -3.16. The van der Waals surface area contributed by atoms with Crippen molar-refractivity contribution < 1.29 is 9.13 Å². The van der Waals surface area contributed by atoms with E-state index in [0.29, 0.717) is 6.61 Å². The minimum Gasteiger partial charge on any atom is -0.369 e. The highest BCUT2D eigenvalue weighted by molar-refractivity contribution is 5.65. The molecule has 3 aromatic heterocycles. The minimum absolute atomic E-state index is 0.147. The number of ether oxygens (including phenoxy) is 1. The molecule has 1 saturated heterocycles. The average molecular weight is 389 g/mol. The molecule has 0 radical (unpaired) electrons. The van der Waals surface area contributed by atoms with Gasteiger partial charge >= 0.3 is 0 Å². The van der Waals surface area contributed by atoms with Gasteiger partial charge in [-0.05, 0) is 29.8 Å². The molecule has 1 aromatic carbocycles. The smallest absolute Gasteiger partial charge is 0.123 e. The van der Waals surface area contributed by atoms with Crippen molar-refractivity contribution in [2.45, 2.75) is 12.6 Å². The van der Waals surface area contributed by atoms with E-state index in [2.05, 4.69) is 26.3 Å². The fourth-order valence-corrected chi connectivity index (χ4v) is 3.71. The summed E-state index contributed by atoms with van der Waals surface area (Å²) in [6, 6.07) is 14.7. The standard InChI is InChI=1S/C22H20FN5O/c23-19-6-3-16(4-7-19)13-27-10-11-29-21(15-27)22-20-8-5-18(14-28(20)26-25-22)17-2-1-9-24-12-17/h1-9,12,14,21H,10-11,13,15H2/t21-/m0/s1. The first-order chi connectivity index (χ1) is 14.3. The first kappa shape index (κ1) is 17.9. The van der Waals surface area contributed by atoms with Crippen molar-refractivity contribution in [1.29, 1.82) is 0 Å². The summed E-state index contributed by atoms with van der Waals surface area (Å²) in [5.74, 6) is -0.213. The summed E-state index contributed by atoms with van der Waals surface area (Å²) >= 11 is 0. The Morgan fingerprint density at radius 2 is 1.97 bits per heavy atom. The van der Waals surface area contributed by atoms with E-state index in [-0.39, 0.29) is 11.9 Å². The van der Waals surface area contributed by atoms with Gasteiger partial charge in [0.05, 0.1) is 12.1 Å². The van der Waals surface area contributed by atoms with Crippen molar-refractivity contribution in [3.63, 3.8) is 0 Å². The molecule has 6 nitrogen and oxygen atoms in total. The van der Waals surface area contributed by atoms with Crippen LogP contribution in [0.25, 0.3) is 16.6 Å². The van der Waals surface area contributed by atoms with Crippen LogP contribution in [0.2, 0.25) is 0 Å². The SMILES string of the molecule is Fc1ccc(CN2CCO[C@H](c3nnn4cc(-c5cccnc5)ccc34)C2)cc1. The van der Waals surface area contributed by atoms with Crippen LogP contribution in [0.15, 0.2) is 67.1 Å². The molecule has 1 fully saturated rings. The van der Waals surface area contributed by atoms with Crippen LogP contribution in [0.3, 0.4) is 0 Å². The summed E-state index contributed by atoms with van der Waals surface area (Å²) in [7, 11) is 0. The Balaban J connectivity index is 1.36. The van der Waals surface area contributed by atoms with Gasteiger partial charge in [-0.2, -0.15) is 0 Å². The molecular weight excluding hydrogens is 369 g/mol. The Morgan fingerprint density at radius 3 is 2.79 bits per heavy atom. The van der Waals surface area contributed by atoms with Crippen LogP contribution in [0.5, 0.6) is 0 Å². The number of aromatic nitrogens is 4. The fraction of sp³-hybridized carbons (Fsp3) is 0.227. The average Bonchev–Trinajstić information content (AvgIpc) is 3.19. The molecule has 0 bridgehead atoms. The molecule has 1 aliphatic rings. The van der Waals surface area contributed by atoms with E-state index in [9.17, 15) is 4.39 Å². The van der Waals surface area contributed by atoms with Gasteiger partial charge in [0.25, 0.3) is 0 Å². The molecule has 0 N–H and O–H groups in total. The quantitative estimate of drug-likeness (QED) is 0.535. The Labute approximate surface area is 167 Å². The van der Waals surface area contributed by atoms with E-state index in [1.54, 1.807) is 10.7 Å². The van der Waals surface area contributed by atoms with Crippen molar-refractivity contribution in [2.75, 3.05) is 19.7 Å². The zero-order valence-electron chi connectivity index (χ0n) is 15.8. The van der Waals surface area contributed by atoms with Crippen LogP contribution in [-0.4, -0.2) is 44.4 Å². The van der Waals surface area contributed by atoms with Gasteiger partial charge in [-0.15, -0.1) is 5.10 Å². The predicted octanol–water partition coefficient (Wildman–Crippen LogP) is 3.50. The Kier molecular flexibility index (Phi) is 4.75. The van der Waals surface area contributed by atoms with Gasteiger partial charge in [-0.25, -0.2) is 8.91 Å². The third kappa shape index (κ3) is 3.74. The molecule has 7 heteroatoms. The van der Waals surface area contributed by atoms with Crippen LogP contribution in [0.1, 0.15) is 17.4 Å². The molecule has 4 heterocycles.